The maximum Gasteiger partial charge on any atom is 0.318 e. The van der Waals surface area contributed by atoms with E-state index in [1.807, 2.05) is 27.7 Å². The van der Waals surface area contributed by atoms with Gasteiger partial charge in [-0.1, -0.05) is 79.5 Å². The first-order valence-corrected chi connectivity index (χ1v) is 15.4. The molecule has 0 radical (unpaired) electrons. The molecule has 44 heavy (non-hydrogen) atoms. The minimum absolute atomic E-state index is 0.00857. The van der Waals surface area contributed by atoms with Gasteiger partial charge in [0, 0.05) is 36.2 Å². The molecule has 7 nitrogen and oxygen atoms in total. The molecular formula is C36H51FN4O3. The molecule has 2 heterocycles. The molecule has 3 aromatic rings. The second-order valence-electron chi connectivity index (χ2n) is 9.81. The number of methoxy groups -OCH3 is 2. The fraction of sp³-hybridized carbons (Fsp3) is 0.444. The van der Waals surface area contributed by atoms with Crippen molar-refractivity contribution in [3.63, 3.8) is 0 Å². The lowest BCUT2D eigenvalue weighted by atomic mass is 9.94. The van der Waals surface area contributed by atoms with Crippen LogP contribution in [0.5, 0.6) is 11.8 Å². The van der Waals surface area contributed by atoms with E-state index in [2.05, 4.69) is 53.5 Å². The Balaban J connectivity index is 0.00000128. The van der Waals surface area contributed by atoms with Crippen molar-refractivity contribution in [2.45, 2.75) is 61.8 Å². The number of halogens is 1. The van der Waals surface area contributed by atoms with Gasteiger partial charge < -0.3 is 24.8 Å². The van der Waals surface area contributed by atoms with Gasteiger partial charge in [0.05, 0.1) is 19.4 Å². The highest BCUT2D eigenvalue weighted by atomic mass is 19.1. The summed E-state index contributed by atoms with van der Waals surface area (Å²) in [6.07, 6.45) is 7.00. The Bertz CT molecular complexity index is 1550. The second kappa shape index (κ2) is 19.2. The molecule has 0 amide bonds. The molecule has 1 aliphatic rings. The number of nitrogens with zero attached hydrogens (tertiary/aromatic N) is 3. The first-order valence-electron chi connectivity index (χ1n) is 15.4. The van der Waals surface area contributed by atoms with E-state index in [1.54, 1.807) is 31.2 Å². The van der Waals surface area contributed by atoms with Crippen LogP contribution in [0.4, 0.5) is 10.2 Å². The Hall–Kier alpha value is -4.09. The van der Waals surface area contributed by atoms with Crippen LogP contribution in [0.15, 0.2) is 36.9 Å². The fourth-order valence-electron chi connectivity index (χ4n) is 4.65. The summed E-state index contributed by atoms with van der Waals surface area (Å²) in [4.78, 5) is 11.1. The molecule has 2 N–H and O–H groups in total. The van der Waals surface area contributed by atoms with E-state index in [0.29, 0.717) is 57.7 Å². The summed E-state index contributed by atoms with van der Waals surface area (Å²) < 4.78 is 27.5. The van der Waals surface area contributed by atoms with Crippen LogP contribution in [0.25, 0.3) is 27.9 Å². The maximum atomic E-state index is 16.5. The first-order chi connectivity index (χ1) is 21.2. The smallest absolute Gasteiger partial charge is 0.318 e. The first kappa shape index (κ1) is 37.9. The predicted octanol–water partition coefficient (Wildman–Crippen LogP) is 6.41. The number of hydrogen-bond donors (Lipinski definition) is 2. The van der Waals surface area contributed by atoms with Gasteiger partial charge in [-0.15, -0.1) is 6.42 Å². The molecule has 240 valence electrons. The molecule has 2 aromatic carbocycles. The number of terminal acetylenes is 1. The summed E-state index contributed by atoms with van der Waals surface area (Å²) >= 11 is 0. The zero-order valence-electron chi connectivity index (χ0n) is 28.3. The predicted molar refractivity (Wildman–Crippen MR) is 184 cm³/mol. The minimum Gasteiger partial charge on any atom is -0.508 e. The van der Waals surface area contributed by atoms with Gasteiger partial charge in [-0.05, 0) is 48.5 Å². The number of hydrogen-bond acceptors (Lipinski definition) is 7. The number of aromatic hydroxyl groups is 1. The number of ether oxygens (including phenoxy) is 2. The number of fused-ring (bicyclic) bond motifs is 1. The number of allylic oxidation sites excluding steroid dienone is 1. The molecule has 1 fully saturated rings. The Kier molecular flexibility index (Phi) is 16.6. The zero-order chi connectivity index (χ0) is 33.4. The molecule has 8 heteroatoms. The summed E-state index contributed by atoms with van der Waals surface area (Å²) in [6.45, 7) is 23.2. The fourth-order valence-corrected chi connectivity index (χ4v) is 4.65. The number of phenols is 1. The van der Waals surface area contributed by atoms with Gasteiger partial charge in [-0.25, -0.2) is 4.39 Å². The number of nitrogens with one attached hydrogen (secondary N) is 1. The molecule has 1 unspecified atom stereocenters. The van der Waals surface area contributed by atoms with Crippen molar-refractivity contribution in [2.24, 2.45) is 5.92 Å². The lowest BCUT2D eigenvalue weighted by Crippen LogP contribution is -2.42. The zero-order valence-corrected chi connectivity index (χ0v) is 28.3. The lowest BCUT2D eigenvalue weighted by Gasteiger charge is -2.24. The van der Waals surface area contributed by atoms with Crippen molar-refractivity contribution in [1.29, 1.82) is 0 Å². The van der Waals surface area contributed by atoms with Crippen LogP contribution >= 0.6 is 0 Å². The topological polar surface area (TPSA) is 79.7 Å². The third-order valence-electron chi connectivity index (χ3n) is 6.51. The Morgan fingerprint density at radius 2 is 1.84 bits per heavy atom. The van der Waals surface area contributed by atoms with E-state index in [4.69, 9.17) is 15.9 Å². The van der Waals surface area contributed by atoms with Gasteiger partial charge in [0.25, 0.3) is 0 Å². The molecule has 0 spiro atoms. The third-order valence-corrected chi connectivity index (χ3v) is 6.51. The number of phenolic OH excluding ortho intramolecular Hbond substituents is 1. The van der Waals surface area contributed by atoms with Crippen LogP contribution in [0.2, 0.25) is 0 Å². The maximum absolute atomic E-state index is 16.5. The van der Waals surface area contributed by atoms with Crippen LogP contribution < -0.4 is 25.5 Å². The molecule has 1 saturated heterocycles. The van der Waals surface area contributed by atoms with Gasteiger partial charge in [-0.2, -0.15) is 9.97 Å². The minimum atomic E-state index is -0.701. The van der Waals surface area contributed by atoms with E-state index in [1.165, 1.54) is 26.7 Å². The van der Waals surface area contributed by atoms with Crippen LogP contribution in [0.1, 0.15) is 72.9 Å². The molecule has 0 aliphatic carbocycles. The number of rotatable bonds is 5. The van der Waals surface area contributed by atoms with Crippen molar-refractivity contribution < 1.29 is 19.0 Å². The number of benzene rings is 2. The van der Waals surface area contributed by atoms with Crippen molar-refractivity contribution in [1.82, 2.24) is 15.3 Å². The van der Waals surface area contributed by atoms with Crippen LogP contribution in [0.3, 0.4) is 0 Å². The molecule has 1 aromatic heterocycles. The van der Waals surface area contributed by atoms with Gasteiger partial charge in [0.15, 0.2) is 5.83 Å². The SMILES string of the molecule is C#Cc1cccc2cc(O)cc(C(=C)/C(F)=c3/nc(OC)nc(N4CCNCC(C)C4)/c3=C(/C)OC)c12.CC.CC.CCC. The summed E-state index contributed by atoms with van der Waals surface area (Å²) in [7, 11) is 2.96. The Labute approximate surface area is 263 Å². The van der Waals surface area contributed by atoms with Crippen LogP contribution in [-0.2, 0) is 4.74 Å². The average molecular weight is 607 g/mol. The normalized spacial score (nSPS) is 15.4. The van der Waals surface area contributed by atoms with Gasteiger partial charge in [0.2, 0.25) is 0 Å². The van der Waals surface area contributed by atoms with E-state index < -0.39 is 5.83 Å². The quantitative estimate of drug-likeness (QED) is 0.325. The third kappa shape index (κ3) is 9.20. The second-order valence-corrected chi connectivity index (χ2v) is 9.81. The Morgan fingerprint density at radius 1 is 1.18 bits per heavy atom. The highest BCUT2D eigenvalue weighted by Crippen LogP contribution is 2.34. The van der Waals surface area contributed by atoms with Crippen molar-refractivity contribution in [3.8, 4) is 24.1 Å². The largest absolute Gasteiger partial charge is 0.508 e. The lowest BCUT2D eigenvalue weighted by molar-refractivity contribution is 0.358. The van der Waals surface area contributed by atoms with E-state index >= 15 is 4.39 Å². The van der Waals surface area contributed by atoms with Crippen molar-refractivity contribution in [3.05, 3.63) is 58.6 Å². The molecule has 0 bridgehead atoms. The monoisotopic (exact) mass is 606 g/mol. The summed E-state index contributed by atoms with van der Waals surface area (Å²) in [5, 5.41) is 15.5. The van der Waals surface area contributed by atoms with Gasteiger partial charge in [0.1, 0.15) is 22.7 Å². The summed E-state index contributed by atoms with van der Waals surface area (Å²) in [5.41, 5.74) is 0.952. The molecular weight excluding hydrogens is 555 g/mol. The Morgan fingerprint density at radius 3 is 2.43 bits per heavy atom. The van der Waals surface area contributed by atoms with Crippen LogP contribution in [0, 0.1) is 18.3 Å². The van der Waals surface area contributed by atoms with Gasteiger partial charge >= 0.3 is 6.01 Å². The van der Waals surface area contributed by atoms with Crippen molar-refractivity contribution in [2.75, 3.05) is 45.3 Å². The number of anilines is 1. The van der Waals surface area contributed by atoms with E-state index in [-0.39, 0.29) is 22.7 Å². The highest BCUT2D eigenvalue weighted by Gasteiger charge is 2.23. The average Bonchev–Trinajstić information content (AvgIpc) is 3.28. The standard InChI is InChI=1S/C29H31FN4O3.C3H8.2C2H6/c1-7-20-9-8-10-21-13-22(35)14-23(25(20)21)18(3)26(30)27-24(19(4)36-5)28(33-29(32-27)37-6)34-12-11-31-15-17(2)16-34;1-3-2;2*1-2/h1,8-10,13-14,17,31,35H,3,11-12,15-16H2,2,4-6H3;3H2,1-2H3;2*1-2H3/b24-19-,27-26-;;;. The number of aromatic nitrogens is 2. The van der Waals surface area contributed by atoms with Crippen molar-refractivity contribution >= 4 is 33.7 Å². The van der Waals surface area contributed by atoms with E-state index in [0.717, 1.165) is 13.1 Å². The highest BCUT2D eigenvalue weighted by molar-refractivity contribution is 6.06. The summed E-state index contributed by atoms with van der Waals surface area (Å²) in [5.74, 6) is 3.22. The van der Waals surface area contributed by atoms with E-state index in [9.17, 15) is 5.11 Å². The molecule has 1 aliphatic heterocycles. The summed E-state index contributed by atoms with van der Waals surface area (Å²) in [6, 6.07) is 8.42. The van der Waals surface area contributed by atoms with Gasteiger partial charge in [-0.3, -0.25) is 0 Å². The molecule has 1 atom stereocenters. The van der Waals surface area contributed by atoms with Crippen LogP contribution in [-0.4, -0.2) is 55.5 Å². The molecule has 4 rings (SSSR count). The molecule has 0 saturated carbocycles.